The van der Waals surface area contributed by atoms with Crippen molar-refractivity contribution in [1.29, 1.82) is 0 Å². The summed E-state index contributed by atoms with van der Waals surface area (Å²) >= 11 is 0.750. The molecule has 0 aromatic heterocycles. The minimum atomic E-state index is 0. The molecule has 21 valence electrons. The van der Waals surface area contributed by atoms with Gasteiger partial charge in [0.15, 0.2) is 0 Å². The summed E-state index contributed by atoms with van der Waals surface area (Å²) in [6.45, 7) is 0. The van der Waals surface area contributed by atoms with Gasteiger partial charge >= 0.3 is 61.5 Å². The molecule has 1 nitrogen and oxygen atoms in total. The van der Waals surface area contributed by atoms with Gasteiger partial charge in [-0.05, 0) is 0 Å². The normalized spacial score (nSPS) is 0.750. The molecule has 0 aliphatic heterocycles. The molecule has 0 aromatic carbocycles. The second kappa shape index (κ2) is 18.6. The predicted molar refractivity (Wildman–Crippen MR) is 9.23 cm³/mol. The fourth-order valence-electron chi connectivity index (χ4n) is 0. The van der Waals surface area contributed by atoms with Crippen molar-refractivity contribution in [2.45, 2.75) is 0 Å². The zero-order chi connectivity index (χ0) is 2.00. The Bertz CT molecular complexity index is 8.00. The standard InChI is InChI=1S/Ca.Mn.O.Ti.2H. The van der Waals surface area contributed by atoms with Crippen molar-refractivity contribution < 1.29 is 40.8 Å². The van der Waals surface area contributed by atoms with E-state index in [1.807, 2.05) is 0 Å². The third kappa shape index (κ3) is 8.85. The van der Waals surface area contributed by atoms with Crippen molar-refractivity contribution in [3.05, 3.63) is 0 Å². The van der Waals surface area contributed by atoms with Gasteiger partial charge in [-0.2, -0.15) is 0 Å². The van der Waals surface area contributed by atoms with Crippen LogP contribution in [0.3, 0.4) is 0 Å². The van der Waals surface area contributed by atoms with Crippen molar-refractivity contribution in [2.75, 3.05) is 0 Å². The van der Waals surface area contributed by atoms with Gasteiger partial charge in [-0.25, -0.2) is 0 Å². The van der Waals surface area contributed by atoms with E-state index in [1.165, 1.54) is 0 Å². The van der Waals surface area contributed by atoms with Crippen LogP contribution in [-0.4, -0.2) is 37.7 Å². The summed E-state index contributed by atoms with van der Waals surface area (Å²) in [6, 6.07) is 0. The molecule has 0 fully saturated rings. The van der Waals surface area contributed by atoms with Gasteiger partial charge in [0, 0.05) is 17.1 Å². The van der Waals surface area contributed by atoms with Crippen LogP contribution < -0.4 is 0 Å². The van der Waals surface area contributed by atoms with Gasteiger partial charge in [0.25, 0.3) is 0 Å². The second-order valence-corrected chi connectivity index (χ2v) is 0. The van der Waals surface area contributed by atoms with Crippen LogP contribution in [0.25, 0.3) is 0 Å². The molecule has 0 amide bonds. The van der Waals surface area contributed by atoms with E-state index in [2.05, 4.69) is 0 Å². The van der Waals surface area contributed by atoms with E-state index in [-0.39, 0.29) is 54.8 Å². The maximum absolute atomic E-state index is 8.25. The molecule has 0 spiro atoms. The molecule has 0 N–H and O–H groups in total. The molecule has 0 aromatic rings. The molecule has 4 heavy (non-hydrogen) atoms. The Morgan fingerprint density at radius 2 is 1.25 bits per heavy atom. The molecule has 0 saturated carbocycles. The first-order valence-corrected chi connectivity index (χ1v) is 0.842. The van der Waals surface area contributed by atoms with Gasteiger partial charge in [-0.15, -0.1) is 0 Å². The van der Waals surface area contributed by atoms with Crippen LogP contribution in [0.15, 0.2) is 0 Å². The van der Waals surface area contributed by atoms with E-state index in [9.17, 15) is 0 Å². The Labute approximate surface area is 77.1 Å². The Hall–Kier alpha value is 2.29. The Morgan fingerprint density at radius 1 is 1.25 bits per heavy atom. The van der Waals surface area contributed by atoms with Gasteiger partial charge in [-0.3, -0.25) is 0 Å². The first-order valence-electron chi connectivity index (χ1n) is 0.204. The van der Waals surface area contributed by atoms with Crippen molar-refractivity contribution in [3.63, 3.8) is 0 Å². The third-order valence-electron chi connectivity index (χ3n) is 0. The van der Waals surface area contributed by atoms with Gasteiger partial charge in [0.05, 0.1) is 0 Å². The van der Waals surface area contributed by atoms with Crippen molar-refractivity contribution in [2.24, 2.45) is 0 Å². The molecular weight excluding hydrogens is 159 g/mol. The Morgan fingerprint density at radius 3 is 1.25 bits per heavy atom. The Balaban J connectivity index is -0.00000000500. The summed E-state index contributed by atoms with van der Waals surface area (Å²) in [4.78, 5) is 0. The van der Waals surface area contributed by atoms with Gasteiger partial charge in [0.1, 0.15) is 0 Å². The summed E-state index contributed by atoms with van der Waals surface area (Å²) in [5.74, 6) is 0. The van der Waals surface area contributed by atoms with Crippen LogP contribution >= 0.6 is 0 Å². The zero-order valence-electron chi connectivity index (χ0n) is 1.29. The summed E-state index contributed by atoms with van der Waals surface area (Å²) < 4.78 is 8.25. The minimum absolute atomic E-state index is 0. The molecule has 0 heterocycles. The van der Waals surface area contributed by atoms with Crippen molar-refractivity contribution in [3.8, 4) is 0 Å². The van der Waals surface area contributed by atoms with Crippen molar-refractivity contribution >= 4 is 37.7 Å². The summed E-state index contributed by atoms with van der Waals surface area (Å²) in [5, 5.41) is 0. The van der Waals surface area contributed by atoms with E-state index in [0.29, 0.717) is 0 Å². The molecule has 1 radical (unpaired) electrons. The van der Waals surface area contributed by atoms with Crippen LogP contribution in [0.5, 0.6) is 0 Å². The summed E-state index contributed by atoms with van der Waals surface area (Å²) in [7, 11) is 0. The monoisotopic (exact) mass is 161 g/mol. The zero-order valence-corrected chi connectivity index (χ0v) is 4.03. The molecule has 0 saturated heterocycles. The average Bonchev–Trinajstić information content (AvgIpc) is 1.00. The van der Waals surface area contributed by atoms with E-state index >= 15 is 0 Å². The van der Waals surface area contributed by atoms with Crippen LogP contribution in [0, 0.1) is 0 Å². The number of hydrogen-bond acceptors (Lipinski definition) is 1. The van der Waals surface area contributed by atoms with E-state index < -0.39 is 0 Å². The maximum atomic E-state index is 8.25. The van der Waals surface area contributed by atoms with Crippen LogP contribution in [0.1, 0.15) is 0 Å². The van der Waals surface area contributed by atoms with E-state index in [1.54, 1.807) is 0 Å². The first-order chi connectivity index (χ1) is 1.00. The van der Waals surface area contributed by atoms with Crippen molar-refractivity contribution in [1.82, 2.24) is 0 Å². The van der Waals surface area contributed by atoms with Gasteiger partial charge in [-0.1, -0.05) is 0 Å². The SMILES string of the molecule is [CaH2].[Mn].[O]=[Ti]. The molecule has 0 unspecified atom stereocenters. The van der Waals surface area contributed by atoms with E-state index in [4.69, 9.17) is 3.32 Å². The molecule has 0 rings (SSSR count). The summed E-state index contributed by atoms with van der Waals surface area (Å²) in [6.07, 6.45) is 0. The third-order valence-corrected chi connectivity index (χ3v) is 0. The van der Waals surface area contributed by atoms with Gasteiger partial charge < -0.3 is 0 Å². The predicted octanol–water partition coefficient (Wildman–Crippen LogP) is -1.04. The fourth-order valence-corrected chi connectivity index (χ4v) is 0. The molecule has 0 bridgehead atoms. The molecule has 0 aliphatic rings. The van der Waals surface area contributed by atoms with Gasteiger partial charge in [0.2, 0.25) is 0 Å². The second-order valence-electron chi connectivity index (χ2n) is 0. The Kier molecular flexibility index (Phi) is 75.4. The molecular formula is H2CaMnOTi. The first kappa shape index (κ1) is 16.3. The quantitative estimate of drug-likeness (QED) is 0.414. The topological polar surface area (TPSA) is 17.1 Å². The van der Waals surface area contributed by atoms with Crippen LogP contribution in [0.2, 0.25) is 0 Å². The molecule has 4 heteroatoms. The summed E-state index contributed by atoms with van der Waals surface area (Å²) in [5.41, 5.74) is 0. The number of rotatable bonds is 0. The average molecular weight is 161 g/mol. The van der Waals surface area contributed by atoms with Crippen LogP contribution in [-0.2, 0) is 40.8 Å². The number of hydrogen-bond donors (Lipinski definition) is 0. The molecule has 0 atom stereocenters. The molecule has 0 aliphatic carbocycles. The fraction of sp³-hybridized carbons (Fsp3) is 0. The van der Waals surface area contributed by atoms with E-state index in [0.717, 1.165) is 20.4 Å². The van der Waals surface area contributed by atoms with Crippen LogP contribution in [0.4, 0.5) is 0 Å².